The second-order valence-electron chi connectivity index (χ2n) is 4.27. The van der Waals surface area contributed by atoms with E-state index in [2.05, 4.69) is 10.6 Å². The molecule has 2 aromatic carbocycles. The number of anilines is 2. The molecule has 0 aromatic heterocycles. The molecule has 108 valence electrons. The van der Waals surface area contributed by atoms with Gasteiger partial charge in [0.25, 0.3) is 0 Å². The van der Waals surface area contributed by atoms with Crippen LogP contribution in [0.2, 0.25) is 0 Å². The van der Waals surface area contributed by atoms with Gasteiger partial charge in [-0.3, -0.25) is 5.41 Å². The number of nitrogens with two attached hydrogens (primary N) is 1. The Labute approximate surface area is 122 Å². The summed E-state index contributed by atoms with van der Waals surface area (Å²) < 4.78 is 5.16. The quantitative estimate of drug-likeness (QED) is 0.513. The van der Waals surface area contributed by atoms with E-state index in [4.69, 9.17) is 15.9 Å². The Morgan fingerprint density at radius 3 is 2.62 bits per heavy atom. The Morgan fingerprint density at radius 1 is 1.14 bits per heavy atom. The van der Waals surface area contributed by atoms with Gasteiger partial charge in [0.1, 0.15) is 11.6 Å². The van der Waals surface area contributed by atoms with Crippen LogP contribution in [0, 0.1) is 5.41 Å². The summed E-state index contributed by atoms with van der Waals surface area (Å²) in [6.07, 6.45) is 0. The van der Waals surface area contributed by atoms with Crippen molar-refractivity contribution in [2.75, 3.05) is 17.7 Å². The molecule has 2 aromatic rings. The van der Waals surface area contributed by atoms with Crippen molar-refractivity contribution in [2.45, 2.75) is 0 Å². The predicted molar refractivity (Wildman–Crippen MR) is 83.1 cm³/mol. The van der Waals surface area contributed by atoms with Gasteiger partial charge in [-0.15, -0.1) is 0 Å². The number of hydrogen-bond donors (Lipinski definition) is 4. The fourth-order valence-corrected chi connectivity index (χ4v) is 1.80. The SMILES string of the molecule is COc1ccccc1NC(=O)Nc1cccc(C(=N)N)c1. The van der Waals surface area contributed by atoms with Crippen molar-refractivity contribution >= 4 is 23.2 Å². The molecule has 21 heavy (non-hydrogen) atoms. The molecule has 0 bridgehead atoms. The topological polar surface area (TPSA) is 100 Å². The van der Waals surface area contributed by atoms with Crippen LogP contribution in [0.25, 0.3) is 0 Å². The van der Waals surface area contributed by atoms with E-state index in [0.29, 0.717) is 22.7 Å². The third kappa shape index (κ3) is 3.73. The highest BCUT2D eigenvalue weighted by Gasteiger charge is 2.07. The number of hydrogen-bond acceptors (Lipinski definition) is 3. The van der Waals surface area contributed by atoms with Crippen molar-refractivity contribution in [1.29, 1.82) is 5.41 Å². The first-order chi connectivity index (χ1) is 10.1. The van der Waals surface area contributed by atoms with Crippen molar-refractivity contribution in [3.8, 4) is 5.75 Å². The van der Waals surface area contributed by atoms with Crippen molar-refractivity contribution in [2.24, 2.45) is 5.73 Å². The molecular weight excluding hydrogens is 268 g/mol. The summed E-state index contributed by atoms with van der Waals surface area (Å²) in [5.41, 5.74) is 7.08. The number of amides is 2. The summed E-state index contributed by atoms with van der Waals surface area (Å²) in [5.74, 6) is 0.522. The zero-order valence-electron chi connectivity index (χ0n) is 11.5. The Balaban J connectivity index is 2.08. The molecule has 6 heteroatoms. The number of amidine groups is 1. The van der Waals surface area contributed by atoms with Crippen LogP contribution < -0.4 is 21.1 Å². The number of benzene rings is 2. The maximum atomic E-state index is 12.0. The van der Waals surface area contributed by atoms with E-state index in [9.17, 15) is 4.79 Å². The van der Waals surface area contributed by atoms with Crippen LogP contribution in [0.4, 0.5) is 16.2 Å². The van der Waals surface area contributed by atoms with Crippen molar-refractivity contribution in [3.63, 3.8) is 0 Å². The lowest BCUT2D eigenvalue weighted by Crippen LogP contribution is -2.20. The normalized spacial score (nSPS) is 9.76. The van der Waals surface area contributed by atoms with Gasteiger partial charge < -0.3 is 21.1 Å². The zero-order chi connectivity index (χ0) is 15.2. The lowest BCUT2D eigenvalue weighted by atomic mass is 10.2. The number of urea groups is 1. The monoisotopic (exact) mass is 284 g/mol. The highest BCUT2D eigenvalue weighted by atomic mass is 16.5. The summed E-state index contributed by atoms with van der Waals surface area (Å²) in [6.45, 7) is 0. The molecule has 5 N–H and O–H groups in total. The number of nitrogen functional groups attached to an aromatic ring is 1. The van der Waals surface area contributed by atoms with E-state index < -0.39 is 6.03 Å². The van der Waals surface area contributed by atoms with Crippen LogP contribution in [0.3, 0.4) is 0 Å². The molecule has 6 nitrogen and oxygen atoms in total. The average molecular weight is 284 g/mol. The molecule has 0 aliphatic carbocycles. The van der Waals surface area contributed by atoms with Gasteiger partial charge >= 0.3 is 6.03 Å². The van der Waals surface area contributed by atoms with Gasteiger partial charge in [-0.1, -0.05) is 24.3 Å². The van der Waals surface area contributed by atoms with Crippen LogP contribution in [-0.2, 0) is 0 Å². The lowest BCUT2D eigenvalue weighted by Gasteiger charge is -2.11. The Hall–Kier alpha value is -3.02. The predicted octanol–water partition coefficient (Wildman–Crippen LogP) is 2.62. The van der Waals surface area contributed by atoms with Gasteiger partial charge in [0.2, 0.25) is 0 Å². The van der Waals surface area contributed by atoms with E-state index in [1.807, 2.05) is 6.07 Å². The molecule has 2 amide bonds. The van der Waals surface area contributed by atoms with Crippen LogP contribution in [-0.4, -0.2) is 19.0 Å². The fraction of sp³-hybridized carbons (Fsp3) is 0.0667. The van der Waals surface area contributed by atoms with Gasteiger partial charge in [0.15, 0.2) is 0 Å². The molecule has 0 unspecified atom stereocenters. The second-order valence-corrected chi connectivity index (χ2v) is 4.27. The van der Waals surface area contributed by atoms with E-state index in [-0.39, 0.29) is 5.84 Å². The van der Waals surface area contributed by atoms with Crippen molar-refractivity contribution in [3.05, 3.63) is 54.1 Å². The summed E-state index contributed by atoms with van der Waals surface area (Å²) in [4.78, 5) is 12.0. The van der Waals surface area contributed by atoms with Gasteiger partial charge in [-0.05, 0) is 24.3 Å². The second kappa shape index (κ2) is 6.42. The largest absolute Gasteiger partial charge is 0.495 e. The molecular formula is C15H16N4O2. The molecule has 0 aliphatic rings. The third-order valence-corrected chi connectivity index (χ3v) is 2.79. The maximum Gasteiger partial charge on any atom is 0.323 e. The standard InChI is InChI=1S/C15H16N4O2/c1-21-13-8-3-2-7-12(13)19-15(20)18-11-6-4-5-10(9-11)14(16)17/h2-9H,1H3,(H3,16,17)(H2,18,19,20). The smallest absolute Gasteiger partial charge is 0.323 e. The minimum absolute atomic E-state index is 0.0520. The highest BCUT2D eigenvalue weighted by molar-refractivity contribution is 6.02. The number of carbonyl (C=O) groups is 1. The highest BCUT2D eigenvalue weighted by Crippen LogP contribution is 2.23. The van der Waals surface area contributed by atoms with Crippen molar-refractivity contribution < 1.29 is 9.53 Å². The van der Waals surface area contributed by atoms with E-state index in [1.165, 1.54) is 7.11 Å². The van der Waals surface area contributed by atoms with Gasteiger partial charge in [-0.25, -0.2) is 4.79 Å². The number of methoxy groups -OCH3 is 1. The molecule has 0 saturated carbocycles. The van der Waals surface area contributed by atoms with Crippen LogP contribution >= 0.6 is 0 Å². The van der Waals surface area contributed by atoms with Crippen LogP contribution in [0.5, 0.6) is 5.75 Å². The number of carbonyl (C=O) groups excluding carboxylic acids is 1. The minimum atomic E-state index is -0.403. The zero-order valence-corrected chi connectivity index (χ0v) is 11.5. The average Bonchev–Trinajstić information content (AvgIpc) is 2.48. The van der Waals surface area contributed by atoms with E-state index in [1.54, 1.807) is 42.5 Å². The first-order valence-electron chi connectivity index (χ1n) is 6.25. The third-order valence-electron chi connectivity index (χ3n) is 2.79. The molecule has 0 heterocycles. The summed E-state index contributed by atoms with van der Waals surface area (Å²) in [7, 11) is 1.54. The minimum Gasteiger partial charge on any atom is -0.495 e. The summed E-state index contributed by atoms with van der Waals surface area (Å²) >= 11 is 0. The van der Waals surface area contributed by atoms with Gasteiger partial charge in [0, 0.05) is 11.3 Å². The molecule has 0 radical (unpaired) electrons. The summed E-state index contributed by atoms with van der Waals surface area (Å²) in [5, 5.41) is 12.8. The van der Waals surface area contributed by atoms with E-state index >= 15 is 0 Å². The Bertz CT molecular complexity index is 670. The van der Waals surface area contributed by atoms with Crippen molar-refractivity contribution in [1.82, 2.24) is 0 Å². The first kappa shape index (κ1) is 14.4. The molecule has 0 atom stereocenters. The fourth-order valence-electron chi connectivity index (χ4n) is 1.80. The number of rotatable bonds is 4. The van der Waals surface area contributed by atoms with E-state index in [0.717, 1.165) is 0 Å². The molecule has 0 fully saturated rings. The van der Waals surface area contributed by atoms with Gasteiger partial charge in [0.05, 0.1) is 12.8 Å². The van der Waals surface area contributed by atoms with Crippen LogP contribution in [0.15, 0.2) is 48.5 Å². The molecule has 0 saturated heterocycles. The molecule has 0 aliphatic heterocycles. The maximum absolute atomic E-state index is 12.0. The number of para-hydroxylation sites is 2. The number of ether oxygens (including phenoxy) is 1. The first-order valence-corrected chi connectivity index (χ1v) is 6.25. The van der Waals surface area contributed by atoms with Gasteiger partial charge in [-0.2, -0.15) is 0 Å². The summed E-state index contributed by atoms with van der Waals surface area (Å²) in [6, 6.07) is 13.5. The number of nitrogens with one attached hydrogen (secondary N) is 3. The lowest BCUT2D eigenvalue weighted by molar-refractivity contribution is 0.262. The molecule has 0 spiro atoms. The van der Waals surface area contributed by atoms with Crippen LogP contribution in [0.1, 0.15) is 5.56 Å². The Morgan fingerprint density at radius 2 is 1.90 bits per heavy atom. The Kier molecular flexibility index (Phi) is 4.40. The molecule has 2 rings (SSSR count).